The molecule has 1 aliphatic rings. The Labute approximate surface area is 210 Å². The SMILES string of the molecule is CCCOc1ccccc1N1C(=O)C(=O)/C(=C(\O)c2cccc(Cl)c2)C1c1ccc(N(C)C)cc1. The number of Topliss-reactive ketones (excluding diaryl/α,β-unsaturated/α-hetero) is 1. The summed E-state index contributed by atoms with van der Waals surface area (Å²) >= 11 is 6.14. The number of hydrogen-bond donors (Lipinski definition) is 1. The number of nitrogens with zero attached hydrogens (tertiary/aromatic N) is 2. The highest BCUT2D eigenvalue weighted by Crippen LogP contribution is 2.45. The van der Waals surface area contributed by atoms with Gasteiger partial charge in [-0.05, 0) is 48.4 Å². The predicted octanol–water partition coefficient (Wildman–Crippen LogP) is 5.82. The van der Waals surface area contributed by atoms with Gasteiger partial charge in [0.1, 0.15) is 11.5 Å². The summed E-state index contributed by atoms with van der Waals surface area (Å²) in [7, 11) is 3.86. The van der Waals surface area contributed by atoms with Crippen molar-refractivity contribution in [1.29, 1.82) is 0 Å². The standard InChI is InChI=1S/C28H27ClN2O4/c1-4-16-35-23-11-6-5-10-22(23)31-25(18-12-14-21(15-13-18)30(2)3)24(27(33)28(31)34)26(32)19-8-7-9-20(29)17-19/h5-15,17,25,32H,4,16H2,1-3H3/b26-24-. The van der Waals surface area contributed by atoms with Gasteiger partial charge in [-0.15, -0.1) is 0 Å². The normalized spacial score (nSPS) is 17.0. The number of rotatable bonds is 7. The van der Waals surface area contributed by atoms with E-state index in [1.54, 1.807) is 42.5 Å². The largest absolute Gasteiger partial charge is 0.507 e. The molecule has 7 heteroatoms. The van der Waals surface area contributed by atoms with Gasteiger partial charge >= 0.3 is 0 Å². The quantitative estimate of drug-likeness (QED) is 0.257. The molecule has 0 saturated carbocycles. The summed E-state index contributed by atoms with van der Waals surface area (Å²) in [6, 6.07) is 20.4. The van der Waals surface area contributed by atoms with E-state index in [0.29, 0.717) is 34.2 Å². The van der Waals surface area contributed by atoms with Crippen LogP contribution in [-0.4, -0.2) is 37.5 Å². The van der Waals surface area contributed by atoms with E-state index in [9.17, 15) is 14.7 Å². The Kier molecular flexibility index (Phi) is 7.12. The molecule has 1 heterocycles. The first-order valence-electron chi connectivity index (χ1n) is 11.4. The number of carbonyl (C=O) groups is 2. The average molecular weight is 491 g/mol. The summed E-state index contributed by atoms with van der Waals surface area (Å²) in [6.07, 6.45) is 0.789. The highest BCUT2D eigenvalue weighted by atomic mass is 35.5. The van der Waals surface area contributed by atoms with Gasteiger partial charge in [0, 0.05) is 30.4 Å². The molecular formula is C28H27ClN2O4. The molecule has 3 aromatic carbocycles. The molecule has 4 rings (SSSR count). The van der Waals surface area contributed by atoms with Crippen LogP contribution in [0.3, 0.4) is 0 Å². The van der Waals surface area contributed by atoms with Crippen LogP contribution >= 0.6 is 11.6 Å². The van der Waals surface area contributed by atoms with Crippen molar-refractivity contribution in [3.05, 3.63) is 94.5 Å². The topological polar surface area (TPSA) is 70.1 Å². The Bertz CT molecular complexity index is 1280. The van der Waals surface area contributed by atoms with Crippen molar-refractivity contribution in [3.63, 3.8) is 0 Å². The van der Waals surface area contributed by atoms with Crippen LogP contribution in [0.1, 0.15) is 30.5 Å². The summed E-state index contributed by atoms with van der Waals surface area (Å²) in [4.78, 5) is 30.2. The first kappa shape index (κ1) is 24.4. The molecule has 1 saturated heterocycles. The third kappa shape index (κ3) is 4.75. The fourth-order valence-electron chi connectivity index (χ4n) is 4.13. The van der Waals surface area contributed by atoms with E-state index in [-0.39, 0.29) is 11.3 Å². The van der Waals surface area contributed by atoms with E-state index in [2.05, 4.69) is 0 Å². The van der Waals surface area contributed by atoms with E-state index < -0.39 is 17.7 Å². The number of aliphatic hydroxyl groups excluding tert-OH is 1. The van der Waals surface area contributed by atoms with Crippen LogP contribution in [0, 0.1) is 0 Å². The molecule has 0 radical (unpaired) electrons. The van der Waals surface area contributed by atoms with Gasteiger partial charge in [-0.1, -0.05) is 54.9 Å². The van der Waals surface area contributed by atoms with Crippen LogP contribution in [0.5, 0.6) is 5.75 Å². The number of ether oxygens (including phenoxy) is 1. The molecular weight excluding hydrogens is 464 g/mol. The van der Waals surface area contributed by atoms with E-state index >= 15 is 0 Å². The molecule has 0 bridgehead atoms. The van der Waals surface area contributed by atoms with Crippen molar-refractivity contribution < 1.29 is 19.4 Å². The molecule has 1 N–H and O–H groups in total. The van der Waals surface area contributed by atoms with E-state index in [1.165, 1.54) is 4.90 Å². The Balaban J connectivity index is 1.93. The van der Waals surface area contributed by atoms with Gasteiger partial charge in [0.2, 0.25) is 0 Å². The molecule has 1 atom stereocenters. The van der Waals surface area contributed by atoms with Crippen LogP contribution in [0.15, 0.2) is 78.4 Å². The second-order valence-electron chi connectivity index (χ2n) is 8.48. The minimum absolute atomic E-state index is 0.000152. The zero-order chi connectivity index (χ0) is 25.1. The van der Waals surface area contributed by atoms with Gasteiger partial charge in [0.25, 0.3) is 11.7 Å². The number of carbonyl (C=O) groups excluding carboxylic acids is 2. The highest BCUT2D eigenvalue weighted by molar-refractivity contribution is 6.52. The van der Waals surface area contributed by atoms with Crippen molar-refractivity contribution in [2.45, 2.75) is 19.4 Å². The highest BCUT2D eigenvalue weighted by Gasteiger charge is 2.47. The molecule has 6 nitrogen and oxygen atoms in total. The summed E-state index contributed by atoms with van der Waals surface area (Å²) in [6.45, 7) is 2.46. The van der Waals surface area contributed by atoms with Gasteiger partial charge in [0.15, 0.2) is 0 Å². The zero-order valence-electron chi connectivity index (χ0n) is 19.9. The third-order valence-corrected chi connectivity index (χ3v) is 6.09. The third-order valence-electron chi connectivity index (χ3n) is 5.85. The molecule has 0 aromatic heterocycles. The summed E-state index contributed by atoms with van der Waals surface area (Å²) in [5, 5.41) is 11.7. The lowest BCUT2D eigenvalue weighted by atomic mass is 9.95. The molecule has 1 unspecified atom stereocenters. The van der Waals surface area contributed by atoms with E-state index in [4.69, 9.17) is 16.3 Å². The van der Waals surface area contributed by atoms with E-state index in [0.717, 1.165) is 12.1 Å². The van der Waals surface area contributed by atoms with Crippen LogP contribution in [0.25, 0.3) is 5.76 Å². The Morgan fingerprint density at radius 1 is 1.03 bits per heavy atom. The summed E-state index contributed by atoms with van der Waals surface area (Å²) in [5.41, 5.74) is 2.48. The first-order valence-corrected chi connectivity index (χ1v) is 11.8. The number of ketones is 1. The molecule has 3 aromatic rings. The lowest BCUT2D eigenvalue weighted by Crippen LogP contribution is -2.30. The number of halogens is 1. The Morgan fingerprint density at radius 3 is 2.40 bits per heavy atom. The van der Waals surface area contributed by atoms with Gasteiger partial charge < -0.3 is 14.7 Å². The van der Waals surface area contributed by atoms with Crippen molar-refractivity contribution in [1.82, 2.24) is 0 Å². The second-order valence-corrected chi connectivity index (χ2v) is 8.92. The molecule has 1 amide bonds. The minimum atomic E-state index is -0.850. The zero-order valence-corrected chi connectivity index (χ0v) is 20.6. The molecule has 0 aliphatic carbocycles. The minimum Gasteiger partial charge on any atom is -0.507 e. The Hall–Kier alpha value is -3.77. The number of anilines is 2. The van der Waals surface area contributed by atoms with Crippen LogP contribution in [-0.2, 0) is 9.59 Å². The molecule has 35 heavy (non-hydrogen) atoms. The van der Waals surface area contributed by atoms with Gasteiger partial charge in [-0.25, -0.2) is 0 Å². The van der Waals surface area contributed by atoms with Crippen molar-refractivity contribution in [2.75, 3.05) is 30.5 Å². The van der Waals surface area contributed by atoms with Crippen LogP contribution in [0.2, 0.25) is 5.02 Å². The average Bonchev–Trinajstić information content (AvgIpc) is 3.12. The maximum Gasteiger partial charge on any atom is 0.300 e. The smallest absolute Gasteiger partial charge is 0.300 e. The fourth-order valence-corrected chi connectivity index (χ4v) is 4.32. The van der Waals surface area contributed by atoms with E-state index in [1.807, 2.05) is 56.3 Å². The van der Waals surface area contributed by atoms with Gasteiger partial charge in [0.05, 0.1) is 23.9 Å². The first-order chi connectivity index (χ1) is 16.8. The monoisotopic (exact) mass is 490 g/mol. The van der Waals surface area contributed by atoms with Crippen molar-refractivity contribution in [3.8, 4) is 5.75 Å². The maximum absolute atomic E-state index is 13.4. The molecule has 180 valence electrons. The second kappa shape index (κ2) is 10.2. The molecule has 0 spiro atoms. The molecule has 1 aliphatic heterocycles. The maximum atomic E-state index is 13.4. The number of hydrogen-bond acceptors (Lipinski definition) is 5. The fraction of sp³-hybridized carbons (Fsp3) is 0.214. The Morgan fingerprint density at radius 2 is 1.74 bits per heavy atom. The number of aliphatic hydroxyl groups is 1. The number of benzene rings is 3. The summed E-state index contributed by atoms with van der Waals surface area (Å²) in [5.74, 6) is -1.28. The van der Waals surface area contributed by atoms with Crippen molar-refractivity contribution in [2.24, 2.45) is 0 Å². The number of amides is 1. The summed E-state index contributed by atoms with van der Waals surface area (Å²) < 4.78 is 5.91. The van der Waals surface area contributed by atoms with Crippen molar-refractivity contribution >= 4 is 40.4 Å². The molecule has 1 fully saturated rings. The van der Waals surface area contributed by atoms with Crippen LogP contribution in [0.4, 0.5) is 11.4 Å². The van der Waals surface area contributed by atoms with Gasteiger partial charge in [-0.2, -0.15) is 0 Å². The number of para-hydroxylation sites is 2. The lowest BCUT2D eigenvalue weighted by molar-refractivity contribution is -0.132. The van der Waals surface area contributed by atoms with Crippen LogP contribution < -0.4 is 14.5 Å². The van der Waals surface area contributed by atoms with Gasteiger partial charge in [-0.3, -0.25) is 14.5 Å². The lowest BCUT2D eigenvalue weighted by Gasteiger charge is -2.27. The predicted molar refractivity (Wildman–Crippen MR) is 139 cm³/mol.